The van der Waals surface area contributed by atoms with Gasteiger partial charge in [-0.1, -0.05) is 45.0 Å². The summed E-state index contributed by atoms with van der Waals surface area (Å²) in [6.07, 6.45) is -0.624. The number of nitrogens with one attached hydrogen (secondary N) is 2. The van der Waals surface area contributed by atoms with Gasteiger partial charge in [0, 0.05) is 17.5 Å². The van der Waals surface area contributed by atoms with E-state index in [1.807, 2.05) is 24.8 Å². The van der Waals surface area contributed by atoms with Crippen molar-refractivity contribution < 1.29 is 28.7 Å². The number of hydrogen-bond acceptors (Lipinski definition) is 8. The molecule has 3 aliphatic heterocycles. The Labute approximate surface area is 276 Å². The maximum Gasteiger partial charge on any atom is 0.494 e. The van der Waals surface area contributed by atoms with Crippen LogP contribution in [0.2, 0.25) is 0 Å². The van der Waals surface area contributed by atoms with Gasteiger partial charge in [0.15, 0.2) is 0 Å². The number of imidazole rings is 1. The van der Waals surface area contributed by atoms with Crippen molar-refractivity contribution in [2.24, 2.45) is 11.8 Å². The number of alkyl carbamates (subject to hydrolysis) is 1. The lowest BCUT2D eigenvalue weighted by Gasteiger charge is -2.35. The summed E-state index contributed by atoms with van der Waals surface area (Å²) in [6.45, 7) is 15.5. The molecule has 7 rings (SSSR count). The minimum Gasteiger partial charge on any atom is -0.488 e. The highest BCUT2D eigenvalue weighted by Gasteiger charge is 2.52. The highest BCUT2D eigenvalue weighted by molar-refractivity contribution is 6.62. The minimum absolute atomic E-state index is 0.00755. The van der Waals surface area contributed by atoms with Crippen LogP contribution >= 0.6 is 0 Å². The molecule has 0 bridgehead atoms. The van der Waals surface area contributed by atoms with Crippen molar-refractivity contribution in [3.8, 4) is 16.9 Å². The number of H-pyrrole nitrogens is 1. The first-order valence-electron chi connectivity index (χ1n) is 16.6. The SMILES string of the molecule is COC(=O)N[C@@H](C(C)C)C(O)N1C[C@@H](C)C[C@H]1c1nc2ccc3cc4c(cc3c2[nH]1)OCc1cc(B2OC(C)(C)C(C)(C)O2)ccc1-4. The molecule has 0 saturated carbocycles. The number of rotatable bonds is 6. The number of likely N-dealkylation sites (tertiary alicyclic amines) is 1. The number of aliphatic hydroxyl groups excluding tert-OH is 1. The van der Waals surface area contributed by atoms with Gasteiger partial charge in [0.1, 0.15) is 24.4 Å². The fourth-order valence-electron chi connectivity index (χ4n) is 7.24. The summed E-state index contributed by atoms with van der Waals surface area (Å²) in [5, 5.41) is 16.5. The van der Waals surface area contributed by atoms with E-state index in [1.54, 1.807) is 0 Å². The Bertz CT molecular complexity index is 1840. The molecule has 1 amide bonds. The van der Waals surface area contributed by atoms with Crippen molar-refractivity contribution in [2.45, 2.75) is 91.0 Å². The van der Waals surface area contributed by atoms with E-state index in [0.717, 1.165) is 62.0 Å². The van der Waals surface area contributed by atoms with E-state index < -0.39 is 36.7 Å². The minimum atomic E-state index is -0.903. The zero-order chi connectivity index (χ0) is 33.4. The van der Waals surface area contributed by atoms with Gasteiger partial charge < -0.3 is 34.2 Å². The van der Waals surface area contributed by atoms with Gasteiger partial charge in [0.25, 0.3) is 0 Å². The number of aromatic amines is 1. The summed E-state index contributed by atoms with van der Waals surface area (Å²) < 4.78 is 23.8. The molecule has 4 atom stereocenters. The van der Waals surface area contributed by atoms with E-state index in [0.29, 0.717) is 19.1 Å². The molecule has 3 aliphatic rings. The average Bonchev–Trinajstić information content (AvgIpc) is 3.70. The largest absolute Gasteiger partial charge is 0.494 e. The number of ether oxygens (including phenoxy) is 2. The molecule has 10 nitrogen and oxygen atoms in total. The molecule has 1 aromatic heterocycles. The third-order valence-corrected chi connectivity index (χ3v) is 10.6. The molecule has 2 fully saturated rings. The Morgan fingerprint density at radius 2 is 1.85 bits per heavy atom. The van der Waals surface area contributed by atoms with Crippen LogP contribution in [0.5, 0.6) is 5.75 Å². The number of amides is 1. The molecule has 4 aromatic rings. The maximum absolute atomic E-state index is 12.1. The Hall–Kier alpha value is -3.64. The van der Waals surface area contributed by atoms with Gasteiger partial charge in [-0.05, 0) is 86.1 Å². The van der Waals surface area contributed by atoms with Crippen molar-refractivity contribution in [3.63, 3.8) is 0 Å². The molecule has 0 radical (unpaired) electrons. The summed E-state index contributed by atoms with van der Waals surface area (Å²) in [7, 11) is 0.907. The summed E-state index contributed by atoms with van der Waals surface area (Å²) in [4.78, 5) is 22.8. The van der Waals surface area contributed by atoms with Crippen molar-refractivity contribution in [1.82, 2.24) is 20.2 Å². The highest BCUT2D eigenvalue weighted by atomic mass is 16.7. The van der Waals surface area contributed by atoms with E-state index >= 15 is 0 Å². The molecule has 3 N–H and O–H groups in total. The zero-order valence-corrected chi connectivity index (χ0v) is 28.5. The van der Waals surface area contributed by atoms with Crippen molar-refractivity contribution in [2.75, 3.05) is 13.7 Å². The van der Waals surface area contributed by atoms with Gasteiger partial charge in [0.05, 0.1) is 41.4 Å². The molecule has 3 aromatic carbocycles. The second-order valence-electron chi connectivity index (χ2n) is 14.8. The molecule has 0 spiro atoms. The second-order valence-corrected chi connectivity index (χ2v) is 14.8. The number of benzene rings is 3. The number of carbonyl (C=O) groups is 1. The van der Waals surface area contributed by atoms with Gasteiger partial charge in [-0.3, -0.25) is 4.90 Å². The number of aromatic nitrogens is 2. The smallest absolute Gasteiger partial charge is 0.488 e. The monoisotopic (exact) mass is 640 g/mol. The third-order valence-electron chi connectivity index (χ3n) is 10.6. The molecule has 4 heterocycles. The standard InChI is InChI=1S/C36H45BN4O6/c1-19(2)30(40-34(43)44-8)33(42)41-17-20(3)13-28(41)32-38-27-12-9-21-15-26-24-11-10-23(37-46-35(4,5)36(6,7)47-37)14-22(24)18-45-29(26)16-25(21)31(27)39-32/h9-12,14-16,19-20,28,30,33,42H,13,17-18H2,1-8H3,(H,38,39)(H,40,43)/t20-,28-,30-,33?/m0/s1. The normalized spacial score (nSPS) is 23.1. The van der Waals surface area contributed by atoms with Gasteiger partial charge >= 0.3 is 13.2 Å². The maximum atomic E-state index is 12.1. The van der Waals surface area contributed by atoms with E-state index in [4.69, 9.17) is 23.8 Å². The van der Waals surface area contributed by atoms with Crippen LogP contribution in [0, 0.1) is 11.8 Å². The zero-order valence-electron chi connectivity index (χ0n) is 28.5. The van der Waals surface area contributed by atoms with Gasteiger partial charge in [-0.15, -0.1) is 0 Å². The average molecular weight is 641 g/mol. The van der Waals surface area contributed by atoms with Crippen molar-refractivity contribution >= 4 is 40.5 Å². The summed E-state index contributed by atoms with van der Waals surface area (Å²) in [5.41, 5.74) is 5.27. The Balaban J connectivity index is 1.20. The first-order valence-corrected chi connectivity index (χ1v) is 16.6. The van der Waals surface area contributed by atoms with E-state index in [1.165, 1.54) is 7.11 Å². The first kappa shape index (κ1) is 31.9. The van der Waals surface area contributed by atoms with Crippen LogP contribution < -0.4 is 15.5 Å². The van der Waals surface area contributed by atoms with Crippen LogP contribution in [0.4, 0.5) is 4.79 Å². The van der Waals surface area contributed by atoms with Gasteiger partial charge in [-0.25, -0.2) is 9.78 Å². The number of methoxy groups -OCH3 is 1. The third kappa shape index (κ3) is 5.47. The van der Waals surface area contributed by atoms with E-state index in [2.05, 4.69) is 81.3 Å². The number of carbonyl (C=O) groups excluding carboxylic acids is 1. The Morgan fingerprint density at radius 3 is 2.55 bits per heavy atom. The van der Waals surface area contributed by atoms with Crippen LogP contribution in [0.1, 0.15) is 72.3 Å². The number of hydrogen-bond donors (Lipinski definition) is 3. The predicted molar refractivity (Wildman–Crippen MR) is 182 cm³/mol. The van der Waals surface area contributed by atoms with Gasteiger partial charge in [-0.2, -0.15) is 0 Å². The predicted octanol–water partition coefficient (Wildman–Crippen LogP) is 5.66. The molecule has 11 heteroatoms. The van der Waals surface area contributed by atoms with Crippen LogP contribution in [0.15, 0.2) is 42.5 Å². The van der Waals surface area contributed by atoms with Crippen LogP contribution in [-0.2, 0) is 20.7 Å². The van der Waals surface area contributed by atoms with Crippen molar-refractivity contribution in [1.29, 1.82) is 0 Å². The summed E-state index contributed by atoms with van der Waals surface area (Å²) in [6, 6.07) is 14.2. The molecule has 2 saturated heterocycles. The summed E-state index contributed by atoms with van der Waals surface area (Å²) >= 11 is 0. The molecular formula is C36H45BN4O6. The lowest BCUT2D eigenvalue weighted by Crippen LogP contribution is -2.54. The quantitative estimate of drug-likeness (QED) is 0.231. The lowest BCUT2D eigenvalue weighted by molar-refractivity contribution is -0.0450. The molecule has 0 aliphatic carbocycles. The van der Waals surface area contributed by atoms with Gasteiger partial charge in [0.2, 0.25) is 0 Å². The summed E-state index contributed by atoms with van der Waals surface area (Å²) in [5.74, 6) is 1.97. The number of nitrogens with zero attached hydrogens (tertiary/aromatic N) is 2. The Kier molecular flexibility index (Phi) is 7.82. The fraction of sp³-hybridized carbons (Fsp3) is 0.500. The van der Waals surface area contributed by atoms with E-state index in [9.17, 15) is 9.90 Å². The van der Waals surface area contributed by atoms with Crippen LogP contribution in [0.25, 0.3) is 32.9 Å². The molecule has 1 unspecified atom stereocenters. The fourth-order valence-corrected chi connectivity index (χ4v) is 7.24. The Morgan fingerprint density at radius 1 is 1.11 bits per heavy atom. The lowest BCUT2D eigenvalue weighted by atomic mass is 9.77. The molecule has 248 valence electrons. The van der Waals surface area contributed by atoms with E-state index in [-0.39, 0.29) is 12.0 Å². The number of fused-ring (bicyclic) bond motifs is 6. The molecule has 47 heavy (non-hydrogen) atoms. The molecular weight excluding hydrogens is 595 g/mol. The van der Waals surface area contributed by atoms with Crippen LogP contribution in [0.3, 0.4) is 0 Å². The van der Waals surface area contributed by atoms with Crippen LogP contribution in [-0.4, -0.2) is 70.3 Å². The first-order chi connectivity index (χ1) is 22.3. The topological polar surface area (TPSA) is 118 Å². The van der Waals surface area contributed by atoms with Crippen molar-refractivity contribution in [3.05, 3.63) is 53.9 Å². The second kappa shape index (κ2) is 11.5. The highest BCUT2D eigenvalue weighted by Crippen LogP contribution is 2.43. The number of aliphatic hydroxyl groups is 1.